The number of aromatic nitrogens is 2. The zero-order chi connectivity index (χ0) is 14.4. The number of hydrogen-bond donors (Lipinski definition) is 1. The molecule has 1 amide bonds. The van der Waals surface area contributed by atoms with Gasteiger partial charge in [-0.2, -0.15) is 0 Å². The van der Waals surface area contributed by atoms with Crippen molar-refractivity contribution < 1.29 is 4.79 Å². The number of hydrogen-bond acceptors (Lipinski definition) is 4. The number of carbonyl (C=O) groups excluding carboxylic acids is 1. The van der Waals surface area contributed by atoms with Crippen LogP contribution in [0.25, 0.3) is 17.1 Å². The van der Waals surface area contributed by atoms with Gasteiger partial charge < -0.3 is 5.32 Å². The standard InChI is InChI=1S/C13H11N3O2S2/c1-15-8-4-3-7(5-9(8)16(2)13(15)18)6-10-11(17)14-12(19)20-10/h3-6H,1-2H3,(H,14,17,19)/b10-6-. The van der Waals surface area contributed by atoms with Crippen LogP contribution >= 0.6 is 24.0 Å². The van der Waals surface area contributed by atoms with Crippen molar-refractivity contribution in [3.8, 4) is 0 Å². The molecule has 0 saturated carbocycles. The molecule has 1 saturated heterocycles. The predicted octanol–water partition coefficient (Wildman–Crippen LogP) is 1.37. The summed E-state index contributed by atoms with van der Waals surface area (Å²) in [5.41, 5.74) is 2.48. The van der Waals surface area contributed by atoms with E-state index in [1.807, 2.05) is 18.2 Å². The molecule has 0 atom stereocenters. The van der Waals surface area contributed by atoms with E-state index >= 15 is 0 Å². The van der Waals surface area contributed by atoms with Gasteiger partial charge in [0.15, 0.2) is 0 Å². The molecule has 20 heavy (non-hydrogen) atoms. The van der Waals surface area contributed by atoms with Gasteiger partial charge >= 0.3 is 5.69 Å². The van der Waals surface area contributed by atoms with Crippen molar-refractivity contribution >= 4 is 51.3 Å². The average Bonchev–Trinajstić information content (AvgIpc) is 2.83. The summed E-state index contributed by atoms with van der Waals surface area (Å²) < 4.78 is 3.65. The first-order valence-electron chi connectivity index (χ1n) is 5.87. The van der Waals surface area contributed by atoms with E-state index in [1.165, 1.54) is 11.8 Å². The van der Waals surface area contributed by atoms with E-state index in [9.17, 15) is 9.59 Å². The number of imidazole rings is 1. The lowest BCUT2D eigenvalue weighted by molar-refractivity contribution is -0.115. The molecule has 0 unspecified atom stereocenters. The number of fused-ring (bicyclic) bond motifs is 1. The van der Waals surface area contributed by atoms with Crippen LogP contribution in [0.2, 0.25) is 0 Å². The van der Waals surface area contributed by atoms with Crippen LogP contribution in [0.4, 0.5) is 0 Å². The van der Waals surface area contributed by atoms with Gasteiger partial charge in [0.25, 0.3) is 5.91 Å². The van der Waals surface area contributed by atoms with Crippen LogP contribution in [-0.2, 0) is 18.9 Å². The molecule has 1 aromatic heterocycles. The Morgan fingerprint density at radius 3 is 2.55 bits per heavy atom. The molecule has 0 aliphatic carbocycles. The Hall–Kier alpha value is -1.86. The third kappa shape index (κ3) is 1.99. The van der Waals surface area contributed by atoms with Gasteiger partial charge in [-0.25, -0.2) is 4.79 Å². The summed E-state index contributed by atoms with van der Waals surface area (Å²) in [6, 6.07) is 5.64. The largest absolute Gasteiger partial charge is 0.328 e. The number of aryl methyl sites for hydroxylation is 2. The minimum Gasteiger partial charge on any atom is -0.307 e. The minimum atomic E-state index is -0.179. The lowest BCUT2D eigenvalue weighted by Gasteiger charge is -1.98. The van der Waals surface area contributed by atoms with E-state index in [0.29, 0.717) is 9.23 Å². The van der Waals surface area contributed by atoms with Crippen molar-refractivity contribution in [2.45, 2.75) is 0 Å². The second-order valence-corrected chi connectivity index (χ2v) is 6.22. The van der Waals surface area contributed by atoms with E-state index in [-0.39, 0.29) is 11.6 Å². The van der Waals surface area contributed by atoms with Gasteiger partial charge in [0, 0.05) is 14.1 Å². The van der Waals surface area contributed by atoms with Crippen molar-refractivity contribution in [2.24, 2.45) is 14.1 Å². The SMILES string of the molecule is Cn1c(=O)n(C)c2cc(/C=C3\SC(=S)NC3=O)ccc21. The Labute approximate surface area is 124 Å². The van der Waals surface area contributed by atoms with E-state index in [2.05, 4.69) is 5.32 Å². The van der Waals surface area contributed by atoms with Crippen LogP contribution in [0.15, 0.2) is 27.9 Å². The number of nitrogens with one attached hydrogen (secondary N) is 1. The molecule has 1 N–H and O–H groups in total. The first kappa shape index (κ1) is 13.1. The molecule has 1 aliphatic rings. The van der Waals surface area contributed by atoms with Gasteiger partial charge in [0.2, 0.25) is 0 Å². The molecule has 102 valence electrons. The molecule has 2 heterocycles. The van der Waals surface area contributed by atoms with Gasteiger partial charge in [-0.15, -0.1) is 0 Å². The number of thiocarbonyl (C=S) groups is 1. The Morgan fingerprint density at radius 1 is 1.20 bits per heavy atom. The van der Waals surface area contributed by atoms with Crippen LogP contribution < -0.4 is 11.0 Å². The molecular weight excluding hydrogens is 294 g/mol. The Balaban J connectivity index is 2.13. The van der Waals surface area contributed by atoms with E-state index in [4.69, 9.17) is 12.2 Å². The lowest BCUT2D eigenvalue weighted by atomic mass is 10.2. The summed E-state index contributed by atoms with van der Waals surface area (Å²) in [6.07, 6.45) is 1.77. The van der Waals surface area contributed by atoms with Crippen molar-refractivity contribution in [1.82, 2.24) is 14.5 Å². The summed E-state index contributed by atoms with van der Waals surface area (Å²) in [5.74, 6) is -0.179. The summed E-state index contributed by atoms with van der Waals surface area (Å²) in [7, 11) is 3.47. The third-order valence-corrected chi connectivity index (χ3v) is 4.40. The molecule has 0 radical (unpaired) electrons. The van der Waals surface area contributed by atoms with Crippen molar-refractivity contribution in [1.29, 1.82) is 0 Å². The van der Waals surface area contributed by atoms with Crippen LogP contribution in [-0.4, -0.2) is 19.4 Å². The molecule has 1 aliphatic heterocycles. The quantitative estimate of drug-likeness (QED) is 0.638. The molecule has 2 aromatic rings. The van der Waals surface area contributed by atoms with Crippen LogP contribution in [0.1, 0.15) is 5.56 Å². The van der Waals surface area contributed by atoms with Crippen LogP contribution in [0.3, 0.4) is 0 Å². The maximum Gasteiger partial charge on any atom is 0.328 e. The molecule has 1 fully saturated rings. The number of benzene rings is 1. The van der Waals surface area contributed by atoms with Gasteiger partial charge in [-0.05, 0) is 23.8 Å². The highest BCUT2D eigenvalue weighted by Crippen LogP contribution is 2.26. The maximum absolute atomic E-state index is 11.9. The highest BCUT2D eigenvalue weighted by molar-refractivity contribution is 8.26. The van der Waals surface area contributed by atoms with Gasteiger partial charge in [-0.3, -0.25) is 13.9 Å². The number of thioether (sulfide) groups is 1. The summed E-state index contributed by atoms with van der Waals surface area (Å²) in [6.45, 7) is 0. The molecule has 7 heteroatoms. The Kier molecular flexibility index (Phi) is 3.02. The fourth-order valence-electron chi connectivity index (χ4n) is 2.19. The summed E-state index contributed by atoms with van der Waals surface area (Å²) in [4.78, 5) is 24.1. The first-order valence-corrected chi connectivity index (χ1v) is 7.10. The molecule has 0 bridgehead atoms. The van der Waals surface area contributed by atoms with Gasteiger partial charge in [-0.1, -0.05) is 30.0 Å². The number of carbonyl (C=O) groups is 1. The van der Waals surface area contributed by atoms with Crippen molar-refractivity contribution in [2.75, 3.05) is 0 Å². The smallest absolute Gasteiger partial charge is 0.307 e. The van der Waals surface area contributed by atoms with Crippen molar-refractivity contribution in [3.05, 3.63) is 39.2 Å². The summed E-state index contributed by atoms with van der Waals surface area (Å²) >= 11 is 6.19. The number of rotatable bonds is 1. The monoisotopic (exact) mass is 305 g/mol. The molecular formula is C13H11N3O2S2. The number of nitrogens with zero attached hydrogens (tertiary/aromatic N) is 2. The van der Waals surface area contributed by atoms with Gasteiger partial charge in [0.1, 0.15) is 4.32 Å². The average molecular weight is 305 g/mol. The molecule has 1 aromatic carbocycles. The lowest BCUT2D eigenvalue weighted by Crippen LogP contribution is -2.19. The topological polar surface area (TPSA) is 56.0 Å². The van der Waals surface area contributed by atoms with Crippen LogP contribution in [0, 0.1) is 0 Å². The fraction of sp³-hybridized carbons (Fsp3) is 0.154. The van der Waals surface area contributed by atoms with E-state index in [1.54, 1.807) is 29.3 Å². The maximum atomic E-state index is 11.9. The molecule has 5 nitrogen and oxygen atoms in total. The zero-order valence-corrected chi connectivity index (χ0v) is 12.5. The van der Waals surface area contributed by atoms with Crippen LogP contribution in [0.5, 0.6) is 0 Å². The second-order valence-electron chi connectivity index (χ2n) is 4.50. The van der Waals surface area contributed by atoms with Gasteiger partial charge in [0.05, 0.1) is 15.9 Å². The second kappa shape index (κ2) is 4.60. The number of amides is 1. The highest BCUT2D eigenvalue weighted by Gasteiger charge is 2.22. The van der Waals surface area contributed by atoms with E-state index < -0.39 is 0 Å². The zero-order valence-electron chi connectivity index (χ0n) is 10.8. The third-order valence-electron chi connectivity index (χ3n) is 3.24. The Morgan fingerprint density at radius 2 is 1.90 bits per heavy atom. The normalized spacial score (nSPS) is 17.2. The fourth-order valence-corrected chi connectivity index (χ4v) is 3.23. The molecule has 3 rings (SSSR count). The molecule has 0 spiro atoms. The van der Waals surface area contributed by atoms with Crippen molar-refractivity contribution in [3.63, 3.8) is 0 Å². The van der Waals surface area contributed by atoms with E-state index in [0.717, 1.165) is 16.6 Å². The summed E-state index contributed by atoms with van der Waals surface area (Å²) in [5, 5.41) is 2.58. The highest BCUT2D eigenvalue weighted by atomic mass is 32.2. The first-order chi connectivity index (χ1) is 9.47. The Bertz CT molecular complexity index is 845. The minimum absolute atomic E-state index is 0.0704. The predicted molar refractivity (Wildman–Crippen MR) is 84.5 cm³/mol.